The topological polar surface area (TPSA) is 117 Å². The van der Waals surface area contributed by atoms with E-state index in [2.05, 4.69) is 33.9 Å². The number of hydrogen-bond donors (Lipinski definition) is 1. The number of hydrogen-bond acceptors (Lipinski definition) is 7. The maximum atomic E-state index is 15.3. The summed E-state index contributed by atoms with van der Waals surface area (Å²) in [5.41, 5.74) is -0.454. The van der Waals surface area contributed by atoms with Gasteiger partial charge < -0.3 is 29.3 Å². The van der Waals surface area contributed by atoms with Crippen molar-refractivity contribution in [2.24, 2.45) is 17.3 Å². The molecule has 10 nitrogen and oxygen atoms in total. The van der Waals surface area contributed by atoms with E-state index in [0.717, 1.165) is 5.56 Å². The number of carbonyl (C=O) groups excluding carboxylic acids is 4. The summed E-state index contributed by atoms with van der Waals surface area (Å²) < 4.78 is 13.2. The Kier molecular flexibility index (Phi) is 12.8. The fourth-order valence-electron chi connectivity index (χ4n) is 9.60. The summed E-state index contributed by atoms with van der Waals surface area (Å²) in [6, 6.07) is 16.5. The number of carbonyl (C=O) groups is 4. The molecule has 0 unspecified atom stereocenters. The lowest BCUT2D eigenvalue weighted by molar-refractivity contribution is -0.165. The number of nitrogens with zero attached hydrogens (tertiary/aromatic N) is 3. The van der Waals surface area contributed by atoms with E-state index in [1.165, 1.54) is 4.90 Å². The molecule has 3 amide bonds. The van der Waals surface area contributed by atoms with Gasteiger partial charge >= 0.3 is 5.97 Å². The molecule has 0 aliphatic carbocycles. The first kappa shape index (κ1) is 41.9. The van der Waals surface area contributed by atoms with Crippen LogP contribution in [-0.2, 0) is 35.1 Å². The summed E-state index contributed by atoms with van der Waals surface area (Å²) in [6.07, 6.45) is 4.54. The predicted molar refractivity (Wildman–Crippen MR) is 212 cm³/mol. The van der Waals surface area contributed by atoms with Gasteiger partial charge in [0.2, 0.25) is 17.7 Å². The highest BCUT2D eigenvalue weighted by Gasteiger charge is 2.76. The molecule has 1 spiro atoms. The number of likely N-dealkylation sites (tertiary alicyclic amines) is 1. The number of benzene rings is 2. The van der Waals surface area contributed by atoms with E-state index in [0.29, 0.717) is 37.7 Å². The molecule has 8 atom stereocenters. The first-order valence-corrected chi connectivity index (χ1v) is 19.7. The van der Waals surface area contributed by atoms with Crippen LogP contribution >= 0.6 is 0 Å². The fourth-order valence-corrected chi connectivity index (χ4v) is 9.60. The largest absolute Gasteiger partial charge is 0.455 e. The maximum absolute atomic E-state index is 15.3. The molecule has 2 aromatic rings. The van der Waals surface area contributed by atoms with E-state index >= 15 is 9.59 Å². The molecule has 3 aliphatic rings. The summed E-state index contributed by atoms with van der Waals surface area (Å²) in [5, 5.41) is 11.0. The van der Waals surface area contributed by atoms with Crippen molar-refractivity contribution in [3.05, 3.63) is 97.1 Å². The van der Waals surface area contributed by atoms with E-state index in [1.807, 2.05) is 81.4 Å². The van der Waals surface area contributed by atoms with Crippen molar-refractivity contribution in [2.75, 3.05) is 20.2 Å². The Hall–Kier alpha value is -4.28. The van der Waals surface area contributed by atoms with Gasteiger partial charge in [-0.3, -0.25) is 19.2 Å². The number of rotatable bonds is 17. The molecule has 10 heteroatoms. The van der Waals surface area contributed by atoms with Crippen molar-refractivity contribution in [1.82, 2.24) is 14.7 Å². The van der Waals surface area contributed by atoms with Gasteiger partial charge in [-0.1, -0.05) is 93.6 Å². The highest BCUT2D eigenvalue weighted by Crippen LogP contribution is 2.60. The van der Waals surface area contributed by atoms with Crippen molar-refractivity contribution in [1.29, 1.82) is 0 Å². The third-order valence-corrected chi connectivity index (χ3v) is 11.8. The van der Waals surface area contributed by atoms with Crippen LogP contribution in [0.1, 0.15) is 90.9 Å². The number of allylic oxidation sites excluding steroid dienone is 1. The summed E-state index contributed by atoms with van der Waals surface area (Å²) in [6.45, 7) is 19.8. The first-order valence-electron chi connectivity index (χ1n) is 19.7. The molecule has 1 N–H and O–H groups in total. The Morgan fingerprint density at radius 1 is 1.04 bits per heavy atom. The minimum Gasteiger partial charge on any atom is -0.455 e. The molecule has 3 heterocycles. The molecular formula is C45H61N3O7. The fraction of sp³-hybridized carbons (Fsp3) is 0.556. The Morgan fingerprint density at radius 2 is 1.67 bits per heavy atom. The number of ether oxygens (including phenoxy) is 2. The molecule has 3 fully saturated rings. The standard InChI is InChI=1S/C45H61N3O7/c1-10-12-23-35(50)46(9)30(3)38(32-21-17-14-18-22-32)54-42(53)36-34-24-25-45(55-34)37(36)40(51)48(33(28-49)27-31-19-15-13-16-20-31)39(45)41(52)47(26-11-2)44(7,8)29-43(4,5)6/h10-11,13-22,30,33-34,36-39,49H,1-2,12,23-29H2,3-9H3/t30-,33+,34-,36+,37+,38+,39-,45+/m0/s1. The van der Waals surface area contributed by atoms with Gasteiger partial charge in [0, 0.05) is 25.6 Å². The molecule has 3 saturated heterocycles. The molecule has 2 aromatic carbocycles. The number of amides is 3. The van der Waals surface area contributed by atoms with Gasteiger partial charge in [0.05, 0.1) is 36.6 Å². The molecule has 2 bridgehead atoms. The highest BCUT2D eigenvalue weighted by molar-refractivity contribution is 5.98. The number of likely N-dealkylation sites (N-methyl/N-ethyl adjacent to an activating group) is 1. The zero-order chi connectivity index (χ0) is 40.3. The van der Waals surface area contributed by atoms with Gasteiger partial charge in [0.25, 0.3) is 0 Å². The SMILES string of the molecule is C=CCCC(=O)N(C)[C@@H](C)[C@@H](OC(=O)[C@@H]1[C@@H]2CC[C@]3(O2)[C@H](C(=O)N(CC=C)C(C)(C)CC(C)(C)C)N([C@@H](CO)Cc2ccccc2)C(=O)[C@@H]13)c1ccccc1. The van der Waals surface area contributed by atoms with Gasteiger partial charge in [-0.05, 0) is 69.4 Å². The smallest absolute Gasteiger partial charge is 0.313 e. The van der Waals surface area contributed by atoms with Crippen LogP contribution in [0.15, 0.2) is 86.0 Å². The minimum atomic E-state index is -1.31. The van der Waals surface area contributed by atoms with E-state index < -0.39 is 71.8 Å². The Bertz CT molecular complexity index is 1710. The average Bonchev–Trinajstić information content (AvgIpc) is 3.80. The quantitative estimate of drug-likeness (QED) is 0.149. The molecule has 0 saturated carbocycles. The Balaban J connectivity index is 1.56. The van der Waals surface area contributed by atoms with Crippen LogP contribution in [0, 0.1) is 17.3 Å². The van der Waals surface area contributed by atoms with E-state index in [1.54, 1.807) is 29.0 Å². The lowest BCUT2D eigenvalue weighted by atomic mass is 9.70. The summed E-state index contributed by atoms with van der Waals surface area (Å²) in [4.78, 5) is 63.2. The van der Waals surface area contributed by atoms with Crippen molar-refractivity contribution in [3.8, 4) is 0 Å². The molecule has 298 valence electrons. The van der Waals surface area contributed by atoms with Gasteiger partial charge in [-0.15, -0.1) is 13.2 Å². The van der Waals surface area contributed by atoms with Crippen LogP contribution in [0.4, 0.5) is 0 Å². The molecule has 55 heavy (non-hydrogen) atoms. The first-order chi connectivity index (χ1) is 26.0. The van der Waals surface area contributed by atoms with Crippen LogP contribution in [0.3, 0.4) is 0 Å². The zero-order valence-electron chi connectivity index (χ0n) is 33.8. The summed E-state index contributed by atoms with van der Waals surface area (Å²) in [7, 11) is 1.70. The van der Waals surface area contributed by atoms with Crippen molar-refractivity contribution in [2.45, 2.75) is 122 Å². The lowest BCUT2D eigenvalue weighted by Gasteiger charge is -2.46. The van der Waals surface area contributed by atoms with E-state index in [-0.39, 0.29) is 30.2 Å². The van der Waals surface area contributed by atoms with Crippen molar-refractivity contribution in [3.63, 3.8) is 0 Å². The maximum Gasteiger partial charge on any atom is 0.313 e. The van der Waals surface area contributed by atoms with Gasteiger partial charge in [-0.2, -0.15) is 0 Å². The van der Waals surface area contributed by atoms with Crippen molar-refractivity contribution >= 4 is 23.7 Å². The van der Waals surface area contributed by atoms with Gasteiger partial charge in [-0.25, -0.2) is 0 Å². The normalized spacial score (nSPS) is 24.8. The minimum absolute atomic E-state index is 0.110. The van der Waals surface area contributed by atoms with E-state index in [4.69, 9.17) is 9.47 Å². The molecule has 0 radical (unpaired) electrons. The zero-order valence-corrected chi connectivity index (χ0v) is 33.8. The highest BCUT2D eigenvalue weighted by atomic mass is 16.6. The number of aliphatic hydroxyl groups is 1. The van der Waals surface area contributed by atoms with Crippen molar-refractivity contribution < 1.29 is 33.8 Å². The molecular weight excluding hydrogens is 695 g/mol. The second-order valence-corrected chi connectivity index (χ2v) is 17.5. The number of esters is 1. The Labute approximate surface area is 327 Å². The van der Waals surface area contributed by atoms with Crippen LogP contribution in [-0.4, -0.2) is 99.1 Å². The lowest BCUT2D eigenvalue weighted by Crippen LogP contribution is -2.62. The number of aliphatic hydroxyl groups excluding tert-OH is 1. The van der Waals surface area contributed by atoms with E-state index in [9.17, 15) is 14.7 Å². The van der Waals surface area contributed by atoms with Gasteiger partial charge in [0.1, 0.15) is 17.7 Å². The van der Waals surface area contributed by atoms with Gasteiger partial charge in [0.15, 0.2) is 0 Å². The van der Waals surface area contributed by atoms with Crippen LogP contribution in [0.5, 0.6) is 0 Å². The predicted octanol–water partition coefficient (Wildman–Crippen LogP) is 6.29. The van der Waals surface area contributed by atoms with Crippen LogP contribution < -0.4 is 0 Å². The second kappa shape index (κ2) is 16.8. The molecule has 3 aliphatic heterocycles. The molecule has 5 rings (SSSR count). The van der Waals surface area contributed by atoms with Crippen LogP contribution in [0.25, 0.3) is 0 Å². The second-order valence-electron chi connectivity index (χ2n) is 17.5. The average molecular weight is 756 g/mol. The monoisotopic (exact) mass is 755 g/mol. The van der Waals surface area contributed by atoms with Crippen LogP contribution in [0.2, 0.25) is 0 Å². The summed E-state index contributed by atoms with van der Waals surface area (Å²) in [5.74, 6) is -3.40. The number of fused-ring (bicyclic) bond motifs is 1. The Morgan fingerprint density at radius 3 is 2.25 bits per heavy atom. The summed E-state index contributed by atoms with van der Waals surface area (Å²) >= 11 is 0. The third kappa shape index (κ3) is 8.46. The molecule has 0 aromatic heterocycles. The third-order valence-electron chi connectivity index (χ3n) is 11.8.